The lowest BCUT2D eigenvalue weighted by Gasteiger charge is -2.41. The number of amides is 1. The number of nitrogens with one attached hydrogen (secondary N) is 1. The zero-order valence-corrected chi connectivity index (χ0v) is 12.9. The number of hydrogen-bond donors (Lipinski definition) is 2. The largest absolute Gasteiger partial charge is 0.383 e. The number of halogens is 2. The van der Waals surface area contributed by atoms with Crippen LogP contribution in [0.2, 0.25) is 0 Å². The number of aromatic nitrogens is 3. The minimum absolute atomic E-state index is 0.102. The Morgan fingerprint density at radius 2 is 1.96 bits per heavy atom. The number of rotatable bonds is 4. The number of carbonyl (C=O) groups is 1. The van der Waals surface area contributed by atoms with Crippen LogP contribution in [0.15, 0.2) is 35.4 Å². The average molecular weight is 338 g/mol. The van der Waals surface area contributed by atoms with Crippen LogP contribution in [0.3, 0.4) is 0 Å². The van der Waals surface area contributed by atoms with E-state index < -0.39 is 17.4 Å². The van der Waals surface area contributed by atoms with Gasteiger partial charge in [0.15, 0.2) is 0 Å². The topological polar surface area (TPSA) is 89.2 Å². The van der Waals surface area contributed by atoms with Crippen LogP contribution in [0.4, 0.5) is 14.5 Å². The lowest BCUT2D eigenvalue weighted by molar-refractivity contribution is -0.212. The van der Waals surface area contributed by atoms with E-state index >= 15 is 0 Å². The third-order valence-electron chi connectivity index (χ3n) is 4.24. The van der Waals surface area contributed by atoms with Gasteiger partial charge in [-0.1, -0.05) is 0 Å². The normalized spacial score (nSPS) is 16.5. The molecule has 0 unspecified atom stereocenters. The molecule has 0 atom stereocenters. The Bertz CT molecular complexity index is 822. The fourth-order valence-electron chi connectivity index (χ4n) is 2.49. The maximum atomic E-state index is 14.0. The molecule has 9 heteroatoms. The zero-order chi connectivity index (χ0) is 17.5. The first-order valence-electron chi connectivity index (χ1n) is 7.37. The number of nitrogens with zero attached hydrogens (tertiary/aromatic N) is 3. The summed E-state index contributed by atoms with van der Waals surface area (Å²) in [5, 5.41) is 15.7. The zero-order valence-electron chi connectivity index (χ0n) is 12.9. The highest BCUT2D eigenvalue weighted by molar-refractivity contribution is 5.97. The van der Waals surface area contributed by atoms with Crippen molar-refractivity contribution in [1.82, 2.24) is 14.3 Å². The van der Waals surface area contributed by atoms with Crippen molar-refractivity contribution in [3.05, 3.63) is 41.1 Å². The number of anilines is 1. The van der Waals surface area contributed by atoms with Crippen LogP contribution >= 0.6 is 0 Å². The number of alkyl halides is 2. The van der Waals surface area contributed by atoms with Crippen molar-refractivity contribution in [3.63, 3.8) is 0 Å². The summed E-state index contributed by atoms with van der Waals surface area (Å²) in [4.78, 5) is 23.6. The molecule has 7 nitrogen and oxygen atoms in total. The van der Waals surface area contributed by atoms with Crippen LogP contribution in [-0.2, 0) is 11.8 Å². The number of hydrogen-bond acceptors (Lipinski definition) is 4. The van der Waals surface area contributed by atoms with Crippen molar-refractivity contribution in [1.29, 1.82) is 0 Å². The van der Waals surface area contributed by atoms with E-state index in [4.69, 9.17) is 0 Å². The molecule has 1 aliphatic rings. The molecular formula is C15H16F2N4O3. The van der Waals surface area contributed by atoms with Gasteiger partial charge in [-0.05, 0) is 43.5 Å². The van der Waals surface area contributed by atoms with E-state index in [9.17, 15) is 23.5 Å². The number of benzene rings is 1. The third-order valence-corrected chi connectivity index (χ3v) is 4.24. The summed E-state index contributed by atoms with van der Waals surface area (Å²) in [5.41, 5.74) is -2.05. The molecule has 2 N–H and O–H groups in total. The molecule has 3 rings (SSSR count). The molecule has 1 saturated carbocycles. The van der Waals surface area contributed by atoms with Crippen molar-refractivity contribution in [2.45, 2.75) is 30.8 Å². The van der Waals surface area contributed by atoms with Gasteiger partial charge in [0.25, 0.3) is 5.91 Å². The number of carbonyl (C=O) groups excluding carboxylic acids is 1. The van der Waals surface area contributed by atoms with E-state index in [1.807, 2.05) is 0 Å². The first-order valence-corrected chi connectivity index (χ1v) is 7.37. The van der Waals surface area contributed by atoms with Crippen molar-refractivity contribution in [3.8, 4) is 5.69 Å². The van der Waals surface area contributed by atoms with Crippen LogP contribution in [0.25, 0.3) is 5.69 Å². The fourth-order valence-corrected chi connectivity index (χ4v) is 2.49. The van der Waals surface area contributed by atoms with Crippen LogP contribution in [0.1, 0.15) is 19.3 Å². The Morgan fingerprint density at radius 1 is 1.33 bits per heavy atom. The minimum atomic E-state index is -3.86. The Hall–Kier alpha value is -2.55. The van der Waals surface area contributed by atoms with Gasteiger partial charge in [0, 0.05) is 12.7 Å². The molecule has 1 heterocycles. The van der Waals surface area contributed by atoms with Gasteiger partial charge in [0.2, 0.25) is 0 Å². The van der Waals surface area contributed by atoms with Gasteiger partial charge in [-0.2, -0.15) is 18.6 Å². The van der Waals surface area contributed by atoms with Crippen molar-refractivity contribution >= 4 is 11.6 Å². The summed E-state index contributed by atoms with van der Waals surface area (Å²) in [6, 6.07) is 5.71. The van der Waals surface area contributed by atoms with Gasteiger partial charge < -0.3 is 10.4 Å². The molecule has 1 aromatic carbocycles. The summed E-state index contributed by atoms with van der Waals surface area (Å²) < 4.78 is 30.4. The molecule has 1 fully saturated rings. The summed E-state index contributed by atoms with van der Waals surface area (Å²) >= 11 is 0. The van der Waals surface area contributed by atoms with E-state index in [0.717, 1.165) is 4.68 Å². The quantitative estimate of drug-likeness (QED) is 0.872. The van der Waals surface area contributed by atoms with Crippen molar-refractivity contribution in [2.24, 2.45) is 7.05 Å². The van der Waals surface area contributed by atoms with Crippen molar-refractivity contribution < 1.29 is 18.7 Å². The molecule has 0 radical (unpaired) electrons. The molecule has 1 aliphatic carbocycles. The van der Waals surface area contributed by atoms with Crippen LogP contribution in [0, 0.1) is 0 Å². The molecule has 0 bridgehead atoms. The summed E-state index contributed by atoms with van der Waals surface area (Å²) in [6.45, 7) is 0. The second-order valence-electron chi connectivity index (χ2n) is 5.90. The fraction of sp³-hybridized carbons (Fsp3) is 0.400. The van der Waals surface area contributed by atoms with Gasteiger partial charge >= 0.3 is 11.6 Å². The van der Waals surface area contributed by atoms with E-state index in [1.54, 1.807) is 7.05 Å². The van der Waals surface area contributed by atoms with E-state index in [2.05, 4.69) is 10.4 Å². The highest BCUT2D eigenvalue weighted by Gasteiger charge is 2.61. The lowest BCUT2D eigenvalue weighted by Crippen LogP contribution is -2.59. The highest BCUT2D eigenvalue weighted by Crippen LogP contribution is 2.44. The molecule has 0 aliphatic heterocycles. The molecule has 128 valence electrons. The van der Waals surface area contributed by atoms with E-state index in [1.165, 1.54) is 35.2 Å². The van der Waals surface area contributed by atoms with Crippen LogP contribution < -0.4 is 11.0 Å². The first-order chi connectivity index (χ1) is 11.2. The monoisotopic (exact) mass is 338 g/mol. The van der Waals surface area contributed by atoms with Crippen LogP contribution in [-0.4, -0.2) is 36.9 Å². The summed E-state index contributed by atoms with van der Waals surface area (Å²) in [7, 11) is 1.55. The Kier molecular flexibility index (Phi) is 3.75. The number of aryl methyl sites for hydroxylation is 1. The Balaban J connectivity index is 1.76. The molecule has 1 aromatic heterocycles. The third kappa shape index (κ3) is 2.50. The van der Waals surface area contributed by atoms with Gasteiger partial charge in [-0.15, -0.1) is 0 Å². The van der Waals surface area contributed by atoms with Gasteiger partial charge in [-0.25, -0.2) is 4.79 Å². The van der Waals surface area contributed by atoms with E-state index in [0.29, 0.717) is 12.1 Å². The van der Waals surface area contributed by atoms with Crippen LogP contribution in [0.5, 0.6) is 0 Å². The average Bonchev–Trinajstić information content (AvgIpc) is 2.85. The SMILES string of the molecule is Cn1cnn(-c2ccc(NC(=O)C(F)(F)C3(O)CCC3)cc2)c1=O. The molecule has 1 amide bonds. The molecule has 24 heavy (non-hydrogen) atoms. The van der Waals surface area contributed by atoms with Gasteiger partial charge in [0.1, 0.15) is 11.9 Å². The molecule has 2 aromatic rings. The molecule has 0 saturated heterocycles. The second kappa shape index (κ2) is 5.52. The Labute approximate surface area is 135 Å². The Morgan fingerprint density at radius 3 is 2.42 bits per heavy atom. The minimum Gasteiger partial charge on any atom is -0.383 e. The summed E-state index contributed by atoms with van der Waals surface area (Å²) in [5.74, 6) is -5.41. The molecular weight excluding hydrogens is 322 g/mol. The summed E-state index contributed by atoms with van der Waals surface area (Å²) in [6.07, 6.45) is 1.61. The smallest absolute Gasteiger partial charge is 0.352 e. The predicted octanol–water partition coefficient (Wildman–Crippen LogP) is 1.06. The number of aliphatic hydroxyl groups is 1. The van der Waals surface area contributed by atoms with Gasteiger partial charge in [0.05, 0.1) is 5.69 Å². The maximum Gasteiger partial charge on any atom is 0.352 e. The molecule has 0 spiro atoms. The van der Waals surface area contributed by atoms with Crippen molar-refractivity contribution in [2.75, 3.05) is 5.32 Å². The standard InChI is InChI=1S/C15H16F2N4O3/c1-20-9-18-21(13(20)23)11-5-3-10(4-6-11)19-12(22)15(16,17)14(24)7-2-8-14/h3-6,9,24H,2,7-8H2,1H3,(H,19,22). The first kappa shape index (κ1) is 16.3. The van der Waals surface area contributed by atoms with Gasteiger partial charge in [-0.3, -0.25) is 9.36 Å². The second-order valence-corrected chi connectivity index (χ2v) is 5.90. The van der Waals surface area contributed by atoms with E-state index in [-0.39, 0.29) is 24.2 Å². The predicted molar refractivity (Wildman–Crippen MR) is 81.2 cm³/mol. The lowest BCUT2D eigenvalue weighted by atomic mass is 9.75. The maximum absolute atomic E-state index is 14.0. The highest BCUT2D eigenvalue weighted by atomic mass is 19.3.